The molecule has 90 valence electrons. The minimum atomic E-state index is -1.07. The van der Waals surface area contributed by atoms with Gasteiger partial charge in [-0.3, -0.25) is 10.1 Å². The van der Waals surface area contributed by atoms with E-state index in [9.17, 15) is 14.4 Å². The van der Waals surface area contributed by atoms with Gasteiger partial charge in [0.05, 0.1) is 0 Å². The van der Waals surface area contributed by atoms with Crippen LogP contribution in [-0.2, 0) is 4.79 Å². The van der Waals surface area contributed by atoms with E-state index in [-0.39, 0.29) is 5.91 Å². The molecule has 0 saturated carbocycles. The number of rotatable bonds is 5. The van der Waals surface area contributed by atoms with Gasteiger partial charge in [-0.2, -0.15) is 11.8 Å². The number of hydrogen-bond acceptors (Lipinski definition) is 4. The van der Waals surface area contributed by atoms with Crippen molar-refractivity contribution in [3.05, 3.63) is 0 Å². The van der Waals surface area contributed by atoms with E-state index in [0.29, 0.717) is 18.1 Å². The maximum atomic E-state index is 11.4. The van der Waals surface area contributed by atoms with Gasteiger partial charge in [-0.1, -0.05) is 0 Å². The average molecular weight is 247 g/mol. The van der Waals surface area contributed by atoms with Gasteiger partial charge < -0.3 is 15.7 Å². The van der Waals surface area contributed by atoms with Crippen LogP contribution in [0.1, 0.15) is 6.92 Å². The van der Waals surface area contributed by atoms with Gasteiger partial charge in [-0.25, -0.2) is 9.59 Å². The van der Waals surface area contributed by atoms with Crippen LogP contribution < -0.4 is 16.0 Å². The van der Waals surface area contributed by atoms with Crippen molar-refractivity contribution in [3.63, 3.8) is 0 Å². The summed E-state index contributed by atoms with van der Waals surface area (Å²) in [6.07, 6.45) is -1.07. The smallest absolute Gasteiger partial charge is 0.404 e. The summed E-state index contributed by atoms with van der Waals surface area (Å²) in [5.41, 5.74) is -0.898. The second kappa shape index (κ2) is 5.06. The first-order valence-electron chi connectivity index (χ1n) is 4.62. The van der Waals surface area contributed by atoms with E-state index in [1.54, 1.807) is 6.92 Å². The standard InChI is InChI=1S/C8H13N3O4S/c1-8(5(12)10-6(13)11-8)4-16-3-2-9-7(14)15/h9H,2-4H2,1H3,(H,14,15)(H2,10,11,12,13). The molecule has 1 aliphatic heterocycles. The molecule has 1 unspecified atom stereocenters. The number of carbonyl (C=O) groups is 3. The largest absolute Gasteiger partial charge is 0.465 e. The first kappa shape index (κ1) is 12.6. The van der Waals surface area contributed by atoms with E-state index in [2.05, 4.69) is 16.0 Å². The van der Waals surface area contributed by atoms with Gasteiger partial charge in [0.25, 0.3) is 5.91 Å². The molecule has 8 heteroatoms. The molecule has 0 aromatic heterocycles. The lowest BCUT2D eigenvalue weighted by Crippen LogP contribution is -2.46. The van der Waals surface area contributed by atoms with Crippen LogP contribution in [0.2, 0.25) is 0 Å². The number of carbonyl (C=O) groups excluding carboxylic acids is 2. The lowest BCUT2D eigenvalue weighted by Gasteiger charge is -2.19. The number of thioether (sulfide) groups is 1. The summed E-state index contributed by atoms with van der Waals surface area (Å²) in [6, 6.07) is -0.489. The van der Waals surface area contributed by atoms with E-state index in [4.69, 9.17) is 5.11 Å². The van der Waals surface area contributed by atoms with E-state index >= 15 is 0 Å². The number of amides is 4. The molecule has 1 aliphatic rings. The monoisotopic (exact) mass is 247 g/mol. The van der Waals surface area contributed by atoms with Crippen LogP contribution in [0.4, 0.5) is 9.59 Å². The van der Waals surface area contributed by atoms with Crippen molar-refractivity contribution in [2.24, 2.45) is 0 Å². The van der Waals surface area contributed by atoms with Crippen molar-refractivity contribution in [2.45, 2.75) is 12.5 Å². The van der Waals surface area contributed by atoms with Crippen molar-refractivity contribution in [3.8, 4) is 0 Å². The third kappa shape index (κ3) is 3.30. The molecule has 0 radical (unpaired) electrons. The van der Waals surface area contributed by atoms with Gasteiger partial charge in [-0.15, -0.1) is 0 Å². The molecule has 0 aromatic rings. The number of carboxylic acid groups (broad SMARTS) is 1. The van der Waals surface area contributed by atoms with Crippen LogP contribution in [0.15, 0.2) is 0 Å². The third-order valence-corrected chi connectivity index (χ3v) is 3.31. The summed E-state index contributed by atoms with van der Waals surface area (Å²) in [5.74, 6) is 0.605. The molecule has 1 fully saturated rings. The summed E-state index contributed by atoms with van der Waals surface area (Å²) in [5, 5.41) is 15.2. The molecule has 4 amide bonds. The first-order chi connectivity index (χ1) is 7.44. The van der Waals surface area contributed by atoms with Crippen molar-refractivity contribution >= 4 is 29.8 Å². The Kier molecular flexibility index (Phi) is 3.99. The molecule has 0 spiro atoms. The number of urea groups is 1. The van der Waals surface area contributed by atoms with Crippen molar-refractivity contribution in [2.75, 3.05) is 18.1 Å². The normalized spacial score (nSPS) is 23.8. The molecule has 1 heterocycles. The summed E-state index contributed by atoms with van der Waals surface area (Å²) in [6.45, 7) is 1.94. The van der Waals surface area contributed by atoms with Gasteiger partial charge in [0.15, 0.2) is 0 Å². The van der Waals surface area contributed by atoms with Crippen LogP contribution in [-0.4, -0.2) is 46.7 Å². The molecule has 0 aliphatic carbocycles. The van der Waals surface area contributed by atoms with Gasteiger partial charge in [-0.05, 0) is 6.92 Å². The van der Waals surface area contributed by atoms with Crippen LogP contribution in [0.3, 0.4) is 0 Å². The Hall–Kier alpha value is -1.44. The van der Waals surface area contributed by atoms with Crippen LogP contribution in [0, 0.1) is 0 Å². The minimum Gasteiger partial charge on any atom is -0.465 e. The summed E-state index contributed by atoms with van der Waals surface area (Å²) >= 11 is 1.40. The zero-order valence-electron chi connectivity index (χ0n) is 8.70. The Balaban J connectivity index is 2.24. The fourth-order valence-corrected chi connectivity index (χ4v) is 2.19. The second-order valence-corrected chi connectivity index (χ2v) is 4.63. The van der Waals surface area contributed by atoms with Crippen LogP contribution >= 0.6 is 11.8 Å². The van der Waals surface area contributed by atoms with Crippen LogP contribution in [0.5, 0.6) is 0 Å². The molecular formula is C8H13N3O4S. The predicted octanol–water partition coefficient (Wildman–Crippen LogP) is -0.415. The molecule has 16 heavy (non-hydrogen) atoms. The minimum absolute atomic E-state index is 0.311. The van der Waals surface area contributed by atoms with E-state index < -0.39 is 17.7 Å². The highest BCUT2D eigenvalue weighted by atomic mass is 32.2. The summed E-state index contributed by atoms with van der Waals surface area (Å²) < 4.78 is 0. The average Bonchev–Trinajstić information content (AvgIpc) is 2.39. The Morgan fingerprint density at radius 3 is 2.75 bits per heavy atom. The van der Waals surface area contributed by atoms with Gasteiger partial charge in [0.2, 0.25) is 0 Å². The number of nitrogens with one attached hydrogen (secondary N) is 3. The van der Waals surface area contributed by atoms with Gasteiger partial charge in [0, 0.05) is 18.1 Å². The Morgan fingerprint density at radius 1 is 1.56 bits per heavy atom. The lowest BCUT2D eigenvalue weighted by atomic mass is 10.1. The molecule has 7 nitrogen and oxygen atoms in total. The zero-order valence-corrected chi connectivity index (χ0v) is 9.52. The second-order valence-electron chi connectivity index (χ2n) is 3.52. The van der Waals surface area contributed by atoms with E-state index in [1.807, 2.05) is 0 Å². The Morgan fingerprint density at radius 2 is 2.25 bits per heavy atom. The molecular weight excluding hydrogens is 234 g/mol. The molecule has 4 N–H and O–H groups in total. The Bertz CT molecular complexity index is 322. The van der Waals surface area contributed by atoms with Gasteiger partial charge >= 0.3 is 12.1 Å². The molecule has 0 aromatic carbocycles. The first-order valence-corrected chi connectivity index (χ1v) is 5.78. The summed E-state index contributed by atoms with van der Waals surface area (Å²) in [4.78, 5) is 32.4. The molecule has 0 bridgehead atoms. The predicted molar refractivity (Wildman–Crippen MR) is 58.4 cm³/mol. The lowest BCUT2D eigenvalue weighted by molar-refractivity contribution is -0.122. The fraction of sp³-hybridized carbons (Fsp3) is 0.625. The van der Waals surface area contributed by atoms with Crippen molar-refractivity contribution in [1.29, 1.82) is 0 Å². The molecule has 1 saturated heterocycles. The topological polar surface area (TPSA) is 108 Å². The quantitative estimate of drug-likeness (QED) is 0.390. The van der Waals surface area contributed by atoms with Crippen molar-refractivity contribution < 1.29 is 19.5 Å². The highest BCUT2D eigenvalue weighted by Gasteiger charge is 2.41. The number of imide groups is 1. The molecule has 1 atom stereocenters. The fourth-order valence-electron chi connectivity index (χ4n) is 1.19. The van der Waals surface area contributed by atoms with Gasteiger partial charge in [0.1, 0.15) is 5.54 Å². The van der Waals surface area contributed by atoms with Crippen molar-refractivity contribution in [1.82, 2.24) is 16.0 Å². The SMILES string of the molecule is CC1(CSCCNC(=O)O)NC(=O)NC1=O. The van der Waals surface area contributed by atoms with E-state index in [0.717, 1.165) is 0 Å². The zero-order chi connectivity index (χ0) is 12.2. The Labute approximate surface area is 96.3 Å². The summed E-state index contributed by atoms with van der Waals surface area (Å²) in [7, 11) is 0. The molecule has 1 rings (SSSR count). The maximum Gasteiger partial charge on any atom is 0.404 e. The third-order valence-electron chi connectivity index (χ3n) is 2.03. The van der Waals surface area contributed by atoms with E-state index in [1.165, 1.54) is 11.8 Å². The maximum absolute atomic E-state index is 11.4. The highest BCUT2D eigenvalue weighted by Crippen LogP contribution is 2.16. The van der Waals surface area contributed by atoms with Crippen LogP contribution in [0.25, 0.3) is 0 Å². The number of hydrogen-bond donors (Lipinski definition) is 4. The highest BCUT2D eigenvalue weighted by molar-refractivity contribution is 7.99.